The third-order valence-corrected chi connectivity index (χ3v) is 6.71. The highest BCUT2D eigenvalue weighted by molar-refractivity contribution is 8.15. The number of amides is 1. The predicted molar refractivity (Wildman–Crippen MR) is 120 cm³/mol. The fourth-order valence-electron chi connectivity index (χ4n) is 2.72. The number of carbonyl (C=O) groups is 1. The quantitative estimate of drug-likeness (QED) is 0.414. The van der Waals surface area contributed by atoms with Crippen LogP contribution in [0.15, 0.2) is 57.6 Å². The standard InChI is InChI=1S/C21H23N3O4S2/c1-13(2)16-8-10-18(11-9-16)30(26,27)28-19-14(3)6-5-7-17(19)12-22-24-21-23-20(25)15(4)29-21/h5-13,15H,1-4H3,(H,23,24,25)/b22-12+. The lowest BCUT2D eigenvalue weighted by Gasteiger charge is -2.12. The van der Waals surface area contributed by atoms with Crippen molar-refractivity contribution >= 4 is 39.2 Å². The van der Waals surface area contributed by atoms with Crippen LogP contribution in [0.1, 0.15) is 43.4 Å². The summed E-state index contributed by atoms with van der Waals surface area (Å²) in [5.41, 5.74) is 2.15. The second-order valence-electron chi connectivity index (χ2n) is 7.15. The van der Waals surface area contributed by atoms with Crippen molar-refractivity contribution in [2.75, 3.05) is 0 Å². The molecule has 1 heterocycles. The van der Waals surface area contributed by atoms with E-state index in [1.54, 1.807) is 56.3 Å². The lowest BCUT2D eigenvalue weighted by molar-refractivity contribution is -0.118. The first-order valence-corrected chi connectivity index (χ1v) is 11.7. The summed E-state index contributed by atoms with van der Waals surface area (Å²) in [5.74, 6) is 0.364. The van der Waals surface area contributed by atoms with Gasteiger partial charge in [-0.25, -0.2) is 0 Å². The van der Waals surface area contributed by atoms with Gasteiger partial charge in [-0.05, 0) is 49.1 Å². The molecule has 1 unspecified atom stereocenters. The maximum Gasteiger partial charge on any atom is 0.339 e. The molecule has 2 aromatic carbocycles. The first-order valence-electron chi connectivity index (χ1n) is 9.40. The van der Waals surface area contributed by atoms with Crippen molar-refractivity contribution < 1.29 is 17.4 Å². The molecule has 1 aliphatic rings. The van der Waals surface area contributed by atoms with Gasteiger partial charge in [0.05, 0.1) is 11.5 Å². The van der Waals surface area contributed by atoms with Gasteiger partial charge in [-0.3, -0.25) is 4.79 Å². The van der Waals surface area contributed by atoms with E-state index >= 15 is 0 Å². The van der Waals surface area contributed by atoms with Crippen molar-refractivity contribution in [1.29, 1.82) is 0 Å². The van der Waals surface area contributed by atoms with Crippen LogP contribution in [0.4, 0.5) is 0 Å². The number of thioether (sulfide) groups is 1. The van der Waals surface area contributed by atoms with E-state index < -0.39 is 10.1 Å². The van der Waals surface area contributed by atoms with E-state index in [4.69, 9.17) is 4.18 Å². The van der Waals surface area contributed by atoms with Gasteiger partial charge in [0.25, 0.3) is 0 Å². The topological polar surface area (TPSA) is 97.2 Å². The Morgan fingerprint density at radius 1 is 1.17 bits per heavy atom. The number of carbonyl (C=O) groups excluding carboxylic acids is 1. The smallest absolute Gasteiger partial charge is 0.339 e. The van der Waals surface area contributed by atoms with E-state index in [1.165, 1.54) is 18.0 Å². The number of amidine groups is 1. The summed E-state index contributed by atoms with van der Waals surface area (Å²) in [6.07, 6.45) is 1.41. The number of nitrogens with zero attached hydrogens (tertiary/aromatic N) is 2. The lowest BCUT2D eigenvalue weighted by Crippen LogP contribution is -2.23. The summed E-state index contributed by atoms with van der Waals surface area (Å²) in [6, 6.07) is 11.9. The van der Waals surface area contributed by atoms with E-state index in [2.05, 4.69) is 15.5 Å². The molecule has 0 radical (unpaired) electrons. The third kappa shape index (κ3) is 5.09. The Bertz CT molecular complexity index is 1110. The van der Waals surface area contributed by atoms with Gasteiger partial charge in [0, 0.05) is 5.56 Å². The molecule has 7 nitrogen and oxygen atoms in total. The Kier molecular flexibility index (Phi) is 6.62. The normalized spacial score (nSPS) is 18.4. The monoisotopic (exact) mass is 445 g/mol. The van der Waals surface area contributed by atoms with Crippen molar-refractivity contribution in [3.05, 3.63) is 59.2 Å². The molecule has 0 spiro atoms. The van der Waals surface area contributed by atoms with E-state index in [0.717, 1.165) is 5.56 Å². The number of benzene rings is 2. The second kappa shape index (κ2) is 9.01. The number of hydrogen-bond donors (Lipinski definition) is 1. The van der Waals surface area contributed by atoms with Gasteiger partial charge < -0.3 is 9.50 Å². The third-order valence-electron chi connectivity index (χ3n) is 4.50. The fraction of sp³-hybridized carbons (Fsp3) is 0.286. The van der Waals surface area contributed by atoms with Gasteiger partial charge in [0.15, 0.2) is 10.9 Å². The molecule has 9 heteroatoms. The zero-order valence-corrected chi connectivity index (χ0v) is 18.8. The molecular weight excluding hydrogens is 422 g/mol. The predicted octanol–water partition coefficient (Wildman–Crippen LogP) is 3.83. The minimum atomic E-state index is -4.01. The van der Waals surface area contributed by atoms with Gasteiger partial charge in [-0.15, -0.1) is 5.10 Å². The summed E-state index contributed by atoms with van der Waals surface area (Å²) < 4.78 is 31.1. The van der Waals surface area contributed by atoms with Crippen LogP contribution in [0, 0.1) is 6.92 Å². The first-order chi connectivity index (χ1) is 14.2. The molecule has 158 valence electrons. The van der Waals surface area contributed by atoms with Crippen molar-refractivity contribution in [3.8, 4) is 5.75 Å². The number of hydrogen-bond acceptors (Lipinski definition) is 7. The van der Waals surface area contributed by atoms with Crippen LogP contribution in [-0.2, 0) is 14.9 Å². The van der Waals surface area contributed by atoms with Gasteiger partial charge in [-0.1, -0.05) is 49.9 Å². The molecule has 1 saturated heterocycles. The maximum absolute atomic E-state index is 12.8. The van der Waals surface area contributed by atoms with Gasteiger partial charge in [0.1, 0.15) is 4.90 Å². The molecule has 30 heavy (non-hydrogen) atoms. The highest BCUT2D eigenvalue weighted by Crippen LogP contribution is 2.27. The Hall–Kier alpha value is -2.65. The molecule has 0 saturated carbocycles. The second-order valence-corrected chi connectivity index (χ2v) is 10.0. The molecule has 0 aliphatic carbocycles. The van der Waals surface area contributed by atoms with Crippen LogP contribution in [0.25, 0.3) is 0 Å². The summed E-state index contributed by atoms with van der Waals surface area (Å²) >= 11 is 1.27. The van der Waals surface area contributed by atoms with E-state index in [0.29, 0.717) is 22.2 Å². The summed E-state index contributed by atoms with van der Waals surface area (Å²) in [7, 11) is -4.01. The fourth-order valence-corrected chi connectivity index (χ4v) is 4.48. The average Bonchev–Trinajstić information content (AvgIpc) is 3.02. The van der Waals surface area contributed by atoms with Crippen LogP contribution < -0.4 is 9.50 Å². The Balaban J connectivity index is 1.85. The highest BCUT2D eigenvalue weighted by atomic mass is 32.2. The van der Waals surface area contributed by atoms with Gasteiger partial charge in [0.2, 0.25) is 5.91 Å². The molecule has 1 fully saturated rings. The molecule has 3 rings (SSSR count). The molecule has 1 N–H and O–H groups in total. The summed E-state index contributed by atoms with van der Waals surface area (Å²) in [5, 5.41) is 10.8. The van der Waals surface area contributed by atoms with Crippen LogP contribution in [0.3, 0.4) is 0 Å². The Morgan fingerprint density at radius 2 is 1.87 bits per heavy atom. The van der Waals surface area contributed by atoms with E-state index in [-0.39, 0.29) is 21.8 Å². The minimum absolute atomic E-state index is 0.0809. The average molecular weight is 446 g/mol. The van der Waals surface area contributed by atoms with E-state index in [1.807, 2.05) is 13.8 Å². The Morgan fingerprint density at radius 3 is 2.47 bits per heavy atom. The molecule has 1 amide bonds. The van der Waals surface area contributed by atoms with Gasteiger partial charge >= 0.3 is 10.1 Å². The van der Waals surface area contributed by atoms with Crippen LogP contribution in [0.2, 0.25) is 0 Å². The zero-order valence-electron chi connectivity index (χ0n) is 17.1. The van der Waals surface area contributed by atoms with Crippen LogP contribution in [-0.4, -0.2) is 31.0 Å². The SMILES string of the molecule is Cc1cccc(/C=N/N=C2\NC(=O)C(C)S2)c1OS(=O)(=O)c1ccc(C(C)C)cc1. The molecule has 1 atom stereocenters. The number of nitrogens with one attached hydrogen (secondary N) is 1. The number of para-hydroxylation sites is 1. The van der Waals surface area contributed by atoms with Crippen LogP contribution >= 0.6 is 11.8 Å². The van der Waals surface area contributed by atoms with E-state index in [9.17, 15) is 13.2 Å². The lowest BCUT2D eigenvalue weighted by atomic mass is 10.0. The molecule has 0 bridgehead atoms. The Labute approximate surface area is 180 Å². The summed E-state index contributed by atoms with van der Waals surface area (Å²) in [6.45, 7) is 7.61. The summed E-state index contributed by atoms with van der Waals surface area (Å²) in [4.78, 5) is 11.6. The molecular formula is C21H23N3O4S2. The number of aryl methyl sites for hydroxylation is 1. The minimum Gasteiger partial charge on any atom is -0.378 e. The highest BCUT2D eigenvalue weighted by Gasteiger charge is 2.25. The van der Waals surface area contributed by atoms with Gasteiger partial charge in [-0.2, -0.15) is 13.5 Å². The zero-order chi connectivity index (χ0) is 21.9. The molecule has 1 aliphatic heterocycles. The first kappa shape index (κ1) is 22.0. The van der Waals surface area contributed by atoms with Crippen LogP contribution in [0.5, 0.6) is 5.75 Å². The van der Waals surface area contributed by atoms with Crippen molar-refractivity contribution in [2.24, 2.45) is 10.2 Å². The molecule has 0 aromatic heterocycles. The van der Waals surface area contributed by atoms with Crippen molar-refractivity contribution in [2.45, 2.75) is 43.8 Å². The number of rotatable bonds is 6. The molecule has 2 aromatic rings. The van der Waals surface area contributed by atoms with Crippen molar-refractivity contribution in [1.82, 2.24) is 5.32 Å². The largest absolute Gasteiger partial charge is 0.378 e. The van der Waals surface area contributed by atoms with Crippen molar-refractivity contribution in [3.63, 3.8) is 0 Å². The maximum atomic E-state index is 12.8.